The van der Waals surface area contributed by atoms with Crippen LogP contribution in [0.2, 0.25) is 5.02 Å². The molecule has 2 saturated heterocycles. The van der Waals surface area contributed by atoms with Crippen LogP contribution in [-0.2, 0) is 14.3 Å². The fourth-order valence-corrected chi connectivity index (χ4v) is 2.93. The predicted octanol–water partition coefficient (Wildman–Crippen LogP) is 1.57. The summed E-state index contributed by atoms with van der Waals surface area (Å²) in [6.45, 7) is 5.39. The zero-order chi connectivity index (χ0) is 15.4. The third-order valence-electron chi connectivity index (χ3n) is 4.12. The summed E-state index contributed by atoms with van der Waals surface area (Å²) in [6, 6.07) is 7.63. The van der Waals surface area contributed by atoms with E-state index in [1.54, 1.807) is 0 Å². The van der Waals surface area contributed by atoms with Gasteiger partial charge in [0.15, 0.2) is 0 Å². The van der Waals surface area contributed by atoms with Gasteiger partial charge < -0.3 is 14.4 Å². The lowest BCUT2D eigenvalue weighted by Gasteiger charge is -2.35. The number of nitrogens with zero attached hydrogens (tertiary/aromatic N) is 2. The summed E-state index contributed by atoms with van der Waals surface area (Å²) in [4.78, 5) is 16.5. The van der Waals surface area contributed by atoms with Crippen molar-refractivity contribution in [1.29, 1.82) is 0 Å². The summed E-state index contributed by atoms with van der Waals surface area (Å²) in [7, 11) is 0. The molecule has 2 aliphatic heterocycles. The van der Waals surface area contributed by atoms with Gasteiger partial charge in [-0.15, -0.1) is 0 Å². The normalized spacial score (nSPS) is 23.5. The second-order valence-electron chi connectivity index (χ2n) is 5.64. The third kappa shape index (κ3) is 3.98. The van der Waals surface area contributed by atoms with E-state index in [-0.39, 0.29) is 12.0 Å². The minimum absolute atomic E-state index is 0.0698. The van der Waals surface area contributed by atoms with Gasteiger partial charge in [0.1, 0.15) is 6.10 Å². The number of rotatable bonds is 3. The Labute approximate surface area is 135 Å². The molecule has 2 fully saturated rings. The number of ether oxygens (including phenoxy) is 2. The molecule has 1 atom stereocenters. The highest BCUT2D eigenvalue weighted by molar-refractivity contribution is 6.30. The summed E-state index contributed by atoms with van der Waals surface area (Å²) >= 11 is 5.92. The third-order valence-corrected chi connectivity index (χ3v) is 4.38. The van der Waals surface area contributed by atoms with Crippen molar-refractivity contribution in [3.05, 3.63) is 34.9 Å². The van der Waals surface area contributed by atoms with E-state index in [2.05, 4.69) is 4.90 Å². The first-order valence-electron chi connectivity index (χ1n) is 7.67. The van der Waals surface area contributed by atoms with E-state index >= 15 is 0 Å². The molecular formula is C16H21ClN2O3. The van der Waals surface area contributed by atoms with E-state index in [1.165, 1.54) is 0 Å². The van der Waals surface area contributed by atoms with Gasteiger partial charge >= 0.3 is 0 Å². The molecule has 1 aromatic carbocycles. The van der Waals surface area contributed by atoms with Crippen LogP contribution in [0.5, 0.6) is 0 Å². The van der Waals surface area contributed by atoms with Gasteiger partial charge in [0.05, 0.1) is 32.9 Å². The Morgan fingerprint density at radius 1 is 1.14 bits per heavy atom. The molecule has 0 bridgehead atoms. The van der Waals surface area contributed by atoms with Crippen LogP contribution in [-0.4, -0.2) is 68.3 Å². The zero-order valence-corrected chi connectivity index (χ0v) is 13.3. The van der Waals surface area contributed by atoms with Crippen LogP contribution in [0, 0.1) is 0 Å². The van der Waals surface area contributed by atoms with Crippen molar-refractivity contribution in [2.45, 2.75) is 6.10 Å². The van der Waals surface area contributed by atoms with Crippen molar-refractivity contribution < 1.29 is 14.3 Å². The molecule has 0 radical (unpaired) electrons. The largest absolute Gasteiger partial charge is 0.379 e. The SMILES string of the molecule is O=C(CN1CCOCC1)N1CCOC(c2ccc(Cl)cc2)C1. The second-order valence-corrected chi connectivity index (χ2v) is 6.08. The standard InChI is InChI=1S/C16H21ClN2O3/c17-14-3-1-13(2-4-14)15-11-19(7-10-22-15)16(20)12-18-5-8-21-9-6-18/h1-4,15H,5-12H2. The van der Waals surface area contributed by atoms with Crippen LogP contribution in [0.25, 0.3) is 0 Å². The molecule has 0 aliphatic carbocycles. The summed E-state index contributed by atoms with van der Waals surface area (Å²) in [6.07, 6.45) is -0.0698. The lowest BCUT2D eigenvalue weighted by Crippen LogP contribution is -2.48. The molecular weight excluding hydrogens is 304 g/mol. The number of morpholine rings is 2. The predicted molar refractivity (Wildman–Crippen MR) is 84.0 cm³/mol. The van der Waals surface area contributed by atoms with E-state index < -0.39 is 0 Å². The van der Waals surface area contributed by atoms with Crippen LogP contribution >= 0.6 is 11.6 Å². The number of benzene rings is 1. The van der Waals surface area contributed by atoms with E-state index in [4.69, 9.17) is 21.1 Å². The van der Waals surface area contributed by atoms with Crippen LogP contribution in [0.15, 0.2) is 24.3 Å². The number of hydrogen-bond acceptors (Lipinski definition) is 4. The summed E-state index contributed by atoms with van der Waals surface area (Å²) < 4.78 is 11.1. The van der Waals surface area contributed by atoms with Crippen molar-refractivity contribution >= 4 is 17.5 Å². The van der Waals surface area contributed by atoms with Gasteiger partial charge in [0.2, 0.25) is 5.91 Å². The average molecular weight is 325 g/mol. The van der Waals surface area contributed by atoms with Crippen molar-refractivity contribution in [2.24, 2.45) is 0 Å². The van der Waals surface area contributed by atoms with Crippen molar-refractivity contribution in [3.8, 4) is 0 Å². The molecule has 0 spiro atoms. The summed E-state index contributed by atoms with van der Waals surface area (Å²) in [5, 5.41) is 0.708. The molecule has 22 heavy (non-hydrogen) atoms. The molecule has 3 rings (SSSR count). The first-order valence-corrected chi connectivity index (χ1v) is 8.05. The quantitative estimate of drug-likeness (QED) is 0.846. The molecule has 1 aromatic rings. The molecule has 5 nitrogen and oxygen atoms in total. The molecule has 1 amide bonds. The van der Waals surface area contributed by atoms with Gasteiger partial charge in [0.25, 0.3) is 0 Å². The zero-order valence-electron chi connectivity index (χ0n) is 12.5. The molecule has 2 aliphatic rings. The van der Waals surface area contributed by atoms with E-state index in [9.17, 15) is 4.79 Å². The van der Waals surface area contributed by atoms with E-state index in [0.29, 0.717) is 44.5 Å². The van der Waals surface area contributed by atoms with Gasteiger partial charge in [0, 0.05) is 24.7 Å². The lowest BCUT2D eigenvalue weighted by atomic mass is 10.1. The maximum atomic E-state index is 12.5. The van der Waals surface area contributed by atoms with Crippen molar-refractivity contribution in [1.82, 2.24) is 9.80 Å². The van der Waals surface area contributed by atoms with E-state index in [1.807, 2.05) is 29.2 Å². The summed E-state index contributed by atoms with van der Waals surface area (Å²) in [5.41, 5.74) is 1.06. The van der Waals surface area contributed by atoms with Gasteiger partial charge in [-0.1, -0.05) is 23.7 Å². The van der Waals surface area contributed by atoms with Crippen molar-refractivity contribution in [2.75, 3.05) is 52.5 Å². The lowest BCUT2D eigenvalue weighted by molar-refractivity contribution is -0.141. The monoisotopic (exact) mass is 324 g/mol. The van der Waals surface area contributed by atoms with Gasteiger partial charge in [-0.2, -0.15) is 0 Å². The van der Waals surface area contributed by atoms with Crippen molar-refractivity contribution in [3.63, 3.8) is 0 Å². The van der Waals surface area contributed by atoms with Gasteiger partial charge in [-0.25, -0.2) is 0 Å². The average Bonchev–Trinajstić information content (AvgIpc) is 2.56. The molecule has 0 N–H and O–H groups in total. The first kappa shape index (κ1) is 15.7. The number of amides is 1. The Morgan fingerprint density at radius 2 is 1.86 bits per heavy atom. The molecule has 6 heteroatoms. The van der Waals surface area contributed by atoms with E-state index in [0.717, 1.165) is 18.7 Å². The summed E-state index contributed by atoms with van der Waals surface area (Å²) in [5.74, 6) is 0.171. The number of halogens is 1. The number of carbonyl (C=O) groups is 1. The Kier molecular flexibility index (Phi) is 5.31. The molecule has 0 aromatic heterocycles. The molecule has 0 saturated carbocycles. The first-order chi connectivity index (χ1) is 10.7. The van der Waals surface area contributed by atoms with Gasteiger partial charge in [-0.3, -0.25) is 9.69 Å². The van der Waals surface area contributed by atoms with Gasteiger partial charge in [-0.05, 0) is 17.7 Å². The maximum Gasteiger partial charge on any atom is 0.236 e. The number of hydrogen-bond donors (Lipinski definition) is 0. The molecule has 2 heterocycles. The van der Waals surface area contributed by atoms with Crippen LogP contribution in [0.1, 0.15) is 11.7 Å². The molecule has 1 unspecified atom stereocenters. The Bertz CT molecular complexity index is 503. The Balaban J connectivity index is 1.57. The van der Waals surface area contributed by atoms with Crippen LogP contribution < -0.4 is 0 Å². The van der Waals surface area contributed by atoms with Crippen LogP contribution in [0.4, 0.5) is 0 Å². The fourth-order valence-electron chi connectivity index (χ4n) is 2.81. The highest BCUT2D eigenvalue weighted by Crippen LogP contribution is 2.23. The fraction of sp³-hybridized carbons (Fsp3) is 0.562. The maximum absolute atomic E-state index is 12.5. The minimum atomic E-state index is -0.0698. The highest BCUT2D eigenvalue weighted by atomic mass is 35.5. The smallest absolute Gasteiger partial charge is 0.236 e. The Morgan fingerprint density at radius 3 is 2.59 bits per heavy atom. The molecule has 120 valence electrons. The van der Waals surface area contributed by atoms with Crippen LogP contribution in [0.3, 0.4) is 0 Å². The minimum Gasteiger partial charge on any atom is -0.379 e. The highest BCUT2D eigenvalue weighted by Gasteiger charge is 2.26. The second kappa shape index (κ2) is 7.42. The Hall–Kier alpha value is -1.14. The topological polar surface area (TPSA) is 42.0 Å². The number of carbonyl (C=O) groups excluding carboxylic acids is 1.